The van der Waals surface area contributed by atoms with Crippen LogP contribution in [-0.4, -0.2) is 18.0 Å². The Hall–Kier alpha value is -2.28. The van der Waals surface area contributed by atoms with Gasteiger partial charge in [0.15, 0.2) is 6.29 Å². The van der Waals surface area contributed by atoms with Gasteiger partial charge in [0.05, 0.1) is 12.7 Å². The number of rotatable bonds is 6. The summed E-state index contributed by atoms with van der Waals surface area (Å²) in [5.41, 5.74) is 2.89. The van der Waals surface area contributed by atoms with E-state index in [1.165, 1.54) is 0 Å². The summed E-state index contributed by atoms with van der Waals surface area (Å²) in [5, 5.41) is 10.3. The largest absolute Gasteiger partial charge is 0.464 e. The number of terminal acetylenes is 1. The Morgan fingerprint density at radius 3 is 2.88 bits per heavy atom. The van der Waals surface area contributed by atoms with E-state index in [0.717, 1.165) is 48.3 Å². The number of ether oxygens (including phenoxy) is 2. The lowest BCUT2D eigenvalue weighted by Crippen LogP contribution is -2.25. The first kappa shape index (κ1) is 17.5. The first-order valence-corrected chi connectivity index (χ1v) is 8.87. The molecule has 25 heavy (non-hydrogen) atoms. The highest BCUT2D eigenvalue weighted by Gasteiger charge is 2.17. The van der Waals surface area contributed by atoms with Crippen molar-refractivity contribution >= 4 is 0 Å². The van der Waals surface area contributed by atoms with Crippen molar-refractivity contribution in [2.24, 2.45) is 0 Å². The molecule has 0 saturated carbocycles. The minimum atomic E-state index is -0.550. The van der Waals surface area contributed by atoms with Crippen molar-refractivity contribution in [2.75, 3.05) is 6.61 Å². The van der Waals surface area contributed by atoms with Crippen LogP contribution in [0, 0.1) is 12.3 Å². The van der Waals surface area contributed by atoms with Crippen LogP contribution in [0.2, 0.25) is 0 Å². The molecular formula is C22H24O3. The normalized spacial score (nSPS) is 18.3. The molecule has 1 N–H and O–H groups in total. The molecule has 1 saturated heterocycles. The Labute approximate surface area is 149 Å². The van der Waals surface area contributed by atoms with Crippen LogP contribution in [-0.2, 0) is 4.74 Å². The van der Waals surface area contributed by atoms with Gasteiger partial charge in [0, 0.05) is 18.4 Å². The van der Waals surface area contributed by atoms with E-state index in [1.54, 1.807) is 0 Å². The first-order valence-electron chi connectivity index (χ1n) is 8.87. The number of hydrogen-bond acceptors (Lipinski definition) is 3. The molecule has 2 aromatic carbocycles. The lowest BCUT2D eigenvalue weighted by molar-refractivity contribution is -0.105. The quantitative estimate of drug-likeness (QED) is 0.777. The summed E-state index contributed by atoms with van der Waals surface area (Å²) in [6.07, 6.45) is 8.83. The lowest BCUT2D eigenvalue weighted by atomic mass is 9.98. The summed E-state index contributed by atoms with van der Waals surface area (Å²) in [6, 6.07) is 15.9. The maximum absolute atomic E-state index is 10.3. The second kappa shape index (κ2) is 8.71. The van der Waals surface area contributed by atoms with Crippen molar-refractivity contribution in [3.05, 3.63) is 54.1 Å². The molecule has 1 aliphatic rings. The smallest absolute Gasteiger partial charge is 0.199 e. The fourth-order valence-corrected chi connectivity index (χ4v) is 3.05. The van der Waals surface area contributed by atoms with E-state index in [0.29, 0.717) is 12.8 Å². The second-order valence-corrected chi connectivity index (χ2v) is 6.29. The van der Waals surface area contributed by atoms with Crippen molar-refractivity contribution in [3.8, 4) is 29.2 Å². The molecule has 0 spiro atoms. The van der Waals surface area contributed by atoms with Crippen molar-refractivity contribution in [1.82, 2.24) is 0 Å². The van der Waals surface area contributed by atoms with Crippen LogP contribution >= 0.6 is 0 Å². The van der Waals surface area contributed by atoms with Gasteiger partial charge in [0.2, 0.25) is 0 Å². The van der Waals surface area contributed by atoms with Crippen LogP contribution in [0.15, 0.2) is 48.5 Å². The SMILES string of the molecule is C#CCCC(O)c1cccc(-c2ccccc2OC2CCCCO2)c1. The van der Waals surface area contributed by atoms with E-state index in [9.17, 15) is 5.11 Å². The highest BCUT2D eigenvalue weighted by Crippen LogP contribution is 2.33. The summed E-state index contributed by atoms with van der Waals surface area (Å²) in [6.45, 7) is 0.754. The van der Waals surface area contributed by atoms with Gasteiger partial charge in [-0.2, -0.15) is 0 Å². The van der Waals surface area contributed by atoms with Gasteiger partial charge in [0.1, 0.15) is 5.75 Å². The minimum absolute atomic E-state index is 0.181. The zero-order chi connectivity index (χ0) is 17.5. The number of aliphatic hydroxyl groups is 1. The molecule has 3 rings (SSSR count). The third-order valence-corrected chi connectivity index (χ3v) is 4.43. The van der Waals surface area contributed by atoms with Gasteiger partial charge in [-0.25, -0.2) is 0 Å². The first-order chi connectivity index (χ1) is 12.3. The average molecular weight is 336 g/mol. The van der Waals surface area contributed by atoms with Crippen LogP contribution in [0.5, 0.6) is 5.75 Å². The van der Waals surface area contributed by atoms with E-state index in [2.05, 4.69) is 5.92 Å². The van der Waals surface area contributed by atoms with Gasteiger partial charge < -0.3 is 14.6 Å². The molecule has 1 heterocycles. The molecule has 2 unspecified atom stereocenters. The van der Waals surface area contributed by atoms with Gasteiger partial charge in [-0.3, -0.25) is 0 Å². The van der Waals surface area contributed by atoms with Crippen molar-refractivity contribution in [2.45, 2.75) is 44.5 Å². The summed E-state index contributed by atoms with van der Waals surface area (Å²) in [4.78, 5) is 0. The van der Waals surface area contributed by atoms with Crippen LogP contribution in [0.1, 0.15) is 43.8 Å². The molecule has 1 aliphatic heterocycles. The maximum Gasteiger partial charge on any atom is 0.199 e. The van der Waals surface area contributed by atoms with Gasteiger partial charge in [-0.15, -0.1) is 12.3 Å². The molecule has 0 radical (unpaired) electrons. The molecule has 130 valence electrons. The van der Waals surface area contributed by atoms with Crippen LogP contribution < -0.4 is 4.74 Å². The van der Waals surface area contributed by atoms with E-state index in [4.69, 9.17) is 15.9 Å². The second-order valence-electron chi connectivity index (χ2n) is 6.29. The summed E-state index contributed by atoms with van der Waals surface area (Å²) in [5.74, 6) is 3.39. The number of para-hydroxylation sites is 1. The highest BCUT2D eigenvalue weighted by atomic mass is 16.7. The van der Waals surface area contributed by atoms with Crippen molar-refractivity contribution in [1.29, 1.82) is 0 Å². The van der Waals surface area contributed by atoms with Crippen LogP contribution in [0.25, 0.3) is 11.1 Å². The van der Waals surface area contributed by atoms with Crippen molar-refractivity contribution < 1.29 is 14.6 Å². The third-order valence-electron chi connectivity index (χ3n) is 4.43. The average Bonchev–Trinajstić information content (AvgIpc) is 2.67. The fraction of sp³-hybridized carbons (Fsp3) is 0.364. The van der Waals surface area contributed by atoms with Gasteiger partial charge in [-0.1, -0.05) is 36.4 Å². The third kappa shape index (κ3) is 4.63. The minimum Gasteiger partial charge on any atom is -0.464 e. The molecular weight excluding hydrogens is 312 g/mol. The van der Waals surface area contributed by atoms with Crippen LogP contribution in [0.3, 0.4) is 0 Å². The topological polar surface area (TPSA) is 38.7 Å². The standard InChI is InChI=1S/C22H24O3/c1-2-3-12-20(23)18-10-8-9-17(16-18)19-11-4-5-13-21(19)25-22-14-6-7-15-24-22/h1,4-5,8-11,13,16,20,22-23H,3,6-7,12,14-15H2. The molecule has 0 bridgehead atoms. The summed E-state index contributed by atoms with van der Waals surface area (Å²) < 4.78 is 11.8. The molecule has 2 aromatic rings. The van der Waals surface area contributed by atoms with E-state index in [-0.39, 0.29) is 6.29 Å². The highest BCUT2D eigenvalue weighted by molar-refractivity contribution is 5.71. The van der Waals surface area contributed by atoms with Crippen molar-refractivity contribution in [3.63, 3.8) is 0 Å². The van der Waals surface area contributed by atoms with Gasteiger partial charge >= 0.3 is 0 Å². The lowest BCUT2D eigenvalue weighted by Gasteiger charge is -2.24. The molecule has 3 heteroatoms. The molecule has 0 amide bonds. The van der Waals surface area contributed by atoms with Gasteiger partial charge in [0.25, 0.3) is 0 Å². The van der Waals surface area contributed by atoms with E-state index in [1.807, 2.05) is 48.5 Å². The molecule has 3 nitrogen and oxygen atoms in total. The Morgan fingerprint density at radius 1 is 1.20 bits per heavy atom. The Kier molecular flexibility index (Phi) is 6.11. The number of benzene rings is 2. The zero-order valence-corrected chi connectivity index (χ0v) is 14.4. The fourth-order valence-electron chi connectivity index (χ4n) is 3.05. The zero-order valence-electron chi connectivity index (χ0n) is 14.4. The summed E-state index contributed by atoms with van der Waals surface area (Å²) >= 11 is 0. The Balaban J connectivity index is 1.83. The van der Waals surface area contributed by atoms with E-state index < -0.39 is 6.10 Å². The molecule has 0 aromatic heterocycles. The Bertz CT molecular complexity index is 726. The van der Waals surface area contributed by atoms with Gasteiger partial charge in [-0.05, 0) is 42.5 Å². The predicted octanol–water partition coefficient (Wildman–Crippen LogP) is 4.71. The van der Waals surface area contributed by atoms with E-state index >= 15 is 0 Å². The molecule has 1 fully saturated rings. The predicted molar refractivity (Wildman–Crippen MR) is 99.1 cm³/mol. The maximum atomic E-state index is 10.3. The molecule has 2 atom stereocenters. The molecule has 0 aliphatic carbocycles. The number of hydrogen-bond donors (Lipinski definition) is 1. The monoisotopic (exact) mass is 336 g/mol. The van der Waals surface area contributed by atoms with Crippen LogP contribution in [0.4, 0.5) is 0 Å². The Morgan fingerprint density at radius 2 is 2.08 bits per heavy atom. The summed E-state index contributed by atoms with van der Waals surface area (Å²) in [7, 11) is 0. The number of aliphatic hydroxyl groups excluding tert-OH is 1.